The highest BCUT2D eigenvalue weighted by atomic mass is 32.1. The second-order valence-corrected chi connectivity index (χ2v) is 6.90. The summed E-state index contributed by atoms with van der Waals surface area (Å²) < 4.78 is 10.00. The van der Waals surface area contributed by atoms with Gasteiger partial charge in [-0.1, -0.05) is 6.92 Å². The van der Waals surface area contributed by atoms with Crippen molar-refractivity contribution in [3.05, 3.63) is 50.7 Å². The lowest BCUT2D eigenvalue weighted by Crippen LogP contribution is -2.14. The molecular weight excluding hydrogens is 366 g/mol. The lowest BCUT2D eigenvalue weighted by atomic mass is 10.1. The van der Waals surface area contributed by atoms with Crippen molar-refractivity contribution in [2.45, 2.75) is 34.1 Å². The minimum Gasteiger partial charge on any atom is -0.462 e. The van der Waals surface area contributed by atoms with Gasteiger partial charge in [0.25, 0.3) is 5.91 Å². The number of rotatable bonds is 7. The second-order valence-electron chi connectivity index (χ2n) is 5.76. The van der Waals surface area contributed by atoms with Crippen LogP contribution >= 0.6 is 11.3 Å². The van der Waals surface area contributed by atoms with Gasteiger partial charge in [0, 0.05) is 10.6 Å². The van der Waals surface area contributed by atoms with E-state index in [1.54, 1.807) is 13.8 Å². The van der Waals surface area contributed by atoms with Gasteiger partial charge < -0.3 is 14.8 Å². The van der Waals surface area contributed by atoms with Gasteiger partial charge in [0.05, 0.1) is 29.2 Å². The first-order valence-corrected chi connectivity index (χ1v) is 9.61. The molecule has 0 aliphatic heterocycles. The first-order chi connectivity index (χ1) is 12.9. The SMILES string of the molecule is CCOC(=O)c1cc(NC(=O)c2cc(C)c(CC)s2)cc(C(=O)OCC)c1. The highest BCUT2D eigenvalue weighted by molar-refractivity contribution is 7.14. The van der Waals surface area contributed by atoms with Gasteiger partial charge in [-0.25, -0.2) is 9.59 Å². The highest BCUT2D eigenvalue weighted by Gasteiger charge is 2.17. The van der Waals surface area contributed by atoms with E-state index >= 15 is 0 Å². The van der Waals surface area contributed by atoms with Gasteiger partial charge in [-0.05, 0) is 57.0 Å². The summed E-state index contributed by atoms with van der Waals surface area (Å²) in [6, 6.07) is 6.20. The number of amides is 1. The Morgan fingerprint density at radius 1 is 0.926 bits per heavy atom. The highest BCUT2D eigenvalue weighted by Crippen LogP contribution is 2.24. The molecule has 2 rings (SSSR count). The van der Waals surface area contributed by atoms with Crippen LogP contribution in [0, 0.1) is 6.92 Å². The number of nitrogens with one attached hydrogen (secondary N) is 1. The molecule has 0 radical (unpaired) electrons. The van der Waals surface area contributed by atoms with Crippen molar-refractivity contribution in [1.82, 2.24) is 0 Å². The van der Waals surface area contributed by atoms with E-state index in [2.05, 4.69) is 5.32 Å². The molecule has 0 spiro atoms. The zero-order valence-corrected chi connectivity index (χ0v) is 16.7. The van der Waals surface area contributed by atoms with Crippen LogP contribution in [0.2, 0.25) is 0 Å². The quantitative estimate of drug-likeness (QED) is 0.717. The fourth-order valence-electron chi connectivity index (χ4n) is 2.54. The maximum Gasteiger partial charge on any atom is 0.338 e. The fourth-order valence-corrected chi connectivity index (χ4v) is 3.55. The summed E-state index contributed by atoms with van der Waals surface area (Å²) in [5.41, 5.74) is 1.75. The van der Waals surface area contributed by atoms with Crippen molar-refractivity contribution in [3.8, 4) is 0 Å². The van der Waals surface area contributed by atoms with Gasteiger partial charge in [0.1, 0.15) is 0 Å². The van der Waals surface area contributed by atoms with Crippen molar-refractivity contribution in [2.75, 3.05) is 18.5 Å². The van der Waals surface area contributed by atoms with Gasteiger partial charge in [-0.3, -0.25) is 4.79 Å². The van der Waals surface area contributed by atoms with Crippen LogP contribution in [-0.4, -0.2) is 31.1 Å². The van der Waals surface area contributed by atoms with Crippen LogP contribution < -0.4 is 5.32 Å². The van der Waals surface area contributed by atoms with E-state index in [9.17, 15) is 14.4 Å². The predicted octanol–water partition coefficient (Wildman–Crippen LogP) is 4.22. The number of ether oxygens (including phenoxy) is 2. The summed E-state index contributed by atoms with van der Waals surface area (Å²) in [5.74, 6) is -1.43. The maximum absolute atomic E-state index is 12.6. The number of benzene rings is 1. The monoisotopic (exact) mass is 389 g/mol. The standard InChI is InChI=1S/C20H23NO5S/c1-5-16-12(4)8-17(27-16)18(22)21-15-10-13(19(23)25-6-2)9-14(11-15)20(24)26-7-3/h8-11H,5-7H2,1-4H3,(H,21,22). The molecule has 0 atom stereocenters. The Kier molecular flexibility index (Phi) is 7.12. The lowest BCUT2D eigenvalue weighted by molar-refractivity contribution is 0.0525. The molecule has 0 saturated carbocycles. The van der Waals surface area contributed by atoms with Crippen molar-refractivity contribution >= 4 is 34.9 Å². The maximum atomic E-state index is 12.6. The van der Waals surface area contributed by atoms with E-state index in [1.165, 1.54) is 29.5 Å². The van der Waals surface area contributed by atoms with Gasteiger partial charge >= 0.3 is 11.9 Å². The largest absolute Gasteiger partial charge is 0.462 e. The van der Waals surface area contributed by atoms with Crippen LogP contribution in [0.5, 0.6) is 0 Å². The van der Waals surface area contributed by atoms with Crippen LogP contribution in [0.4, 0.5) is 5.69 Å². The summed E-state index contributed by atoms with van der Waals surface area (Å²) >= 11 is 1.43. The number of anilines is 1. The summed E-state index contributed by atoms with van der Waals surface area (Å²) in [7, 11) is 0. The average Bonchev–Trinajstić information content (AvgIpc) is 3.03. The first kappa shape index (κ1) is 20.6. The number of hydrogen-bond donors (Lipinski definition) is 1. The zero-order chi connectivity index (χ0) is 20.0. The van der Waals surface area contributed by atoms with Gasteiger partial charge in [0.2, 0.25) is 0 Å². The first-order valence-electron chi connectivity index (χ1n) is 8.79. The molecule has 27 heavy (non-hydrogen) atoms. The molecule has 2 aromatic rings. The number of esters is 2. The van der Waals surface area contributed by atoms with E-state index in [-0.39, 0.29) is 30.2 Å². The molecule has 1 heterocycles. The number of thiophene rings is 1. The summed E-state index contributed by atoms with van der Waals surface area (Å²) in [6.07, 6.45) is 0.856. The van der Waals surface area contributed by atoms with E-state index in [4.69, 9.17) is 9.47 Å². The molecule has 0 saturated heterocycles. The Morgan fingerprint density at radius 3 is 1.93 bits per heavy atom. The third kappa shape index (κ3) is 5.17. The molecule has 7 heteroatoms. The van der Waals surface area contributed by atoms with Crippen LogP contribution in [0.1, 0.15) is 61.6 Å². The molecule has 1 amide bonds. The second kappa shape index (κ2) is 9.32. The molecule has 1 aromatic carbocycles. The van der Waals surface area contributed by atoms with Gasteiger partial charge in [0.15, 0.2) is 0 Å². The normalized spacial score (nSPS) is 10.4. The third-order valence-corrected chi connectivity index (χ3v) is 5.16. The van der Waals surface area contributed by atoms with Crippen molar-refractivity contribution in [3.63, 3.8) is 0 Å². The number of carbonyl (C=O) groups excluding carboxylic acids is 3. The van der Waals surface area contributed by atoms with Crippen molar-refractivity contribution in [1.29, 1.82) is 0 Å². The molecule has 6 nitrogen and oxygen atoms in total. The minimum atomic E-state index is -0.570. The number of aryl methyl sites for hydroxylation is 2. The lowest BCUT2D eigenvalue weighted by Gasteiger charge is -2.10. The summed E-state index contributed by atoms with van der Waals surface area (Å²) in [6.45, 7) is 7.80. The Hall–Kier alpha value is -2.67. The fraction of sp³-hybridized carbons (Fsp3) is 0.350. The molecule has 144 valence electrons. The molecule has 0 aliphatic carbocycles. The summed E-state index contributed by atoms with van der Waals surface area (Å²) in [4.78, 5) is 38.5. The van der Waals surface area contributed by atoms with E-state index in [1.807, 2.05) is 19.9 Å². The van der Waals surface area contributed by atoms with Crippen molar-refractivity contribution < 1.29 is 23.9 Å². The minimum absolute atomic E-state index is 0.175. The van der Waals surface area contributed by atoms with Gasteiger partial charge in [-0.15, -0.1) is 11.3 Å². The van der Waals surface area contributed by atoms with E-state index in [0.29, 0.717) is 10.6 Å². The number of hydrogen-bond acceptors (Lipinski definition) is 6. The Morgan fingerprint density at radius 2 is 1.48 bits per heavy atom. The van der Waals surface area contributed by atoms with Crippen LogP contribution in [-0.2, 0) is 15.9 Å². The predicted molar refractivity (Wildman–Crippen MR) is 105 cm³/mol. The van der Waals surface area contributed by atoms with E-state index < -0.39 is 11.9 Å². The van der Waals surface area contributed by atoms with Gasteiger partial charge in [-0.2, -0.15) is 0 Å². The van der Waals surface area contributed by atoms with Crippen LogP contribution in [0.3, 0.4) is 0 Å². The van der Waals surface area contributed by atoms with Crippen molar-refractivity contribution in [2.24, 2.45) is 0 Å². The zero-order valence-electron chi connectivity index (χ0n) is 15.9. The molecule has 0 fully saturated rings. The molecule has 0 bridgehead atoms. The van der Waals surface area contributed by atoms with Crippen LogP contribution in [0.15, 0.2) is 24.3 Å². The average molecular weight is 389 g/mol. The summed E-state index contributed by atoms with van der Waals surface area (Å²) in [5, 5.41) is 2.75. The molecule has 0 aliphatic rings. The molecule has 1 N–H and O–H groups in total. The third-order valence-electron chi connectivity index (χ3n) is 3.78. The molecule has 1 aromatic heterocycles. The Bertz CT molecular complexity index is 820. The molecular formula is C20H23NO5S. The van der Waals surface area contributed by atoms with Crippen LogP contribution in [0.25, 0.3) is 0 Å². The topological polar surface area (TPSA) is 81.7 Å². The Balaban J connectivity index is 2.34. The number of carbonyl (C=O) groups is 3. The Labute approximate surface area is 162 Å². The van der Waals surface area contributed by atoms with E-state index in [0.717, 1.165) is 16.9 Å². The molecule has 0 unspecified atom stereocenters. The smallest absolute Gasteiger partial charge is 0.338 e.